The van der Waals surface area contributed by atoms with Gasteiger partial charge in [0, 0.05) is 30.1 Å². The van der Waals surface area contributed by atoms with Crippen LogP contribution < -0.4 is 10.9 Å². The van der Waals surface area contributed by atoms with E-state index in [4.69, 9.17) is 5.11 Å². The molecule has 0 fully saturated rings. The van der Waals surface area contributed by atoms with Crippen LogP contribution in [0.4, 0.5) is 4.79 Å². The predicted octanol–water partition coefficient (Wildman–Crippen LogP) is 2.58. The van der Waals surface area contributed by atoms with Crippen molar-refractivity contribution in [3.8, 4) is 11.3 Å². The van der Waals surface area contributed by atoms with Gasteiger partial charge in [-0.3, -0.25) is 9.48 Å². The van der Waals surface area contributed by atoms with Gasteiger partial charge in [-0.15, -0.1) is 0 Å². The molecular weight excluding hydrogens is 332 g/mol. The Hall–Kier alpha value is -3.09. The van der Waals surface area contributed by atoms with Crippen molar-refractivity contribution in [3.05, 3.63) is 51.3 Å². The number of nitrogens with one attached hydrogen (secondary N) is 2. The molecule has 3 aromatic rings. The van der Waals surface area contributed by atoms with Gasteiger partial charge in [-0.05, 0) is 36.8 Å². The lowest BCUT2D eigenvalue weighted by Gasteiger charge is -2.16. The van der Waals surface area contributed by atoms with E-state index in [2.05, 4.69) is 15.4 Å². The highest BCUT2D eigenvalue weighted by Gasteiger charge is 2.22. The summed E-state index contributed by atoms with van der Waals surface area (Å²) in [5, 5.41) is 16.7. The van der Waals surface area contributed by atoms with Crippen molar-refractivity contribution in [3.63, 3.8) is 0 Å². The standard InChI is InChI=1S/C19H20N4O3/c1-23-17-15(13-4-2-3-5-14(13)18(24)21-17)16(22-23)12-8-6-11(7-9-12)10-20-19(25)26/h6-9,20H,2-5,10H2,1H3,(H,21,24)(H,25,26). The number of H-pyrrole nitrogens is 1. The second kappa shape index (κ2) is 6.33. The SMILES string of the molecule is Cn1nc(-c2ccc(CNC(=O)O)cc2)c2c3c(c(=O)[nH]c21)CCCC3. The molecule has 1 amide bonds. The van der Waals surface area contributed by atoms with Crippen LogP contribution in [0.15, 0.2) is 29.1 Å². The lowest BCUT2D eigenvalue weighted by atomic mass is 9.89. The summed E-state index contributed by atoms with van der Waals surface area (Å²) in [6, 6.07) is 7.68. The molecule has 7 nitrogen and oxygen atoms in total. The smallest absolute Gasteiger partial charge is 0.404 e. The molecule has 0 saturated heterocycles. The van der Waals surface area contributed by atoms with E-state index >= 15 is 0 Å². The van der Waals surface area contributed by atoms with Crippen LogP contribution in [0, 0.1) is 0 Å². The van der Waals surface area contributed by atoms with Gasteiger partial charge in [-0.2, -0.15) is 5.10 Å². The fourth-order valence-electron chi connectivity index (χ4n) is 3.73. The maximum atomic E-state index is 12.4. The summed E-state index contributed by atoms with van der Waals surface area (Å²) in [5.74, 6) is 0. The number of hydrogen-bond donors (Lipinski definition) is 3. The van der Waals surface area contributed by atoms with E-state index in [1.54, 1.807) is 4.68 Å². The first-order valence-electron chi connectivity index (χ1n) is 8.71. The average Bonchev–Trinajstić information content (AvgIpc) is 2.97. The highest BCUT2D eigenvalue weighted by Crippen LogP contribution is 2.33. The Kier molecular flexibility index (Phi) is 3.99. The molecule has 134 valence electrons. The molecule has 26 heavy (non-hydrogen) atoms. The molecule has 7 heteroatoms. The zero-order chi connectivity index (χ0) is 18.3. The molecule has 3 N–H and O–H groups in total. The molecule has 1 aliphatic carbocycles. The molecule has 0 radical (unpaired) electrons. The first-order chi connectivity index (χ1) is 12.5. The van der Waals surface area contributed by atoms with Crippen LogP contribution in [-0.2, 0) is 26.4 Å². The predicted molar refractivity (Wildman–Crippen MR) is 98.3 cm³/mol. The van der Waals surface area contributed by atoms with Crippen LogP contribution in [0.25, 0.3) is 22.3 Å². The summed E-state index contributed by atoms with van der Waals surface area (Å²) in [5.41, 5.74) is 5.45. The molecule has 0 bridgehead atoms. The minimum Gasteiger partial charge on any atom is -0.465 e. The number of aryl methyl sites for hydroxylation is 2. The zero-order valence-corrected chi connectivity index (χ0v) is 14.5. The van der Waals surface area contributed by atoms with Crippen molar-refractivity contribution < 1.29 is 9.90 Å². The summed E-state index contributed by atoms with van der Waals surface area (Å²) in [6.45, 7) is 0.265. The normalized spacial score (nSPS) is 13.6. The van der Waals surface area contributed by atoms with Crippen molar-refractivity contribution in [1.82, 2.24) is 20.1 Å². The molecule has 0 saturated carbocycles. The molecule has 0 atom stereocenters. The van der Waals surface area contributed by atoms with Gasteiger partial charge in [-0.25, -0.2) is 4.79 Å². The number of rotatable bonds is 3. The lowest BCUT2D eigenvalue weighted by molar-refractivity contribution is 0.194. The molecular formula is C19H20N4O3. The monoisotopic (exact) mass is 352 g/mol. The second-order valence-electron chi connectivity index (χ2n) is 6.67. The Morgan fingerprint density at radius 3 is 2.62 bits per heavy atom. The number of aromatic nitrogens is 3. The van der Waals surface area contributed by atoms with Gasteiger partial charge in [0.25, 0.3) is 5.56 Å². The molecule has 0 aliphatic heterocycles. The second-order valence-corrected chi connectivity index (χ2v) is 6.67. The highest BCUT2D eigenvalue weighted by atomic mass is 16.4. The number of fused-ring (bicyclic) bond motifs is 3. The molecule has 1 aromatic carbocycles. The van der Waals surface area contributed by atoms with E-state index in [0.29, 0.717) is 0 Å². The van der Waals surface area contributed by atoms with E-state index in [9.17, 15) is 9.59 Å². The van der Waals surface area contributed by atoms with Gasteiger partial charge < -0.3 is 15.4 Å². The Morgan fingerprint density at radius 2 is 1.92 bits per heavy atom. The largest absolute Gasteiger partial charge is 0.465 e. The van der Waals surface area contributed by atoms with Gasteiger partial charge in [0.15, 0.2) is 0 Å². The number of pyridine rings is 1. The topological polar surface area (TPSA) is 100 Å². The Labute approximate surface area is 149 Å². The molecule has 0 spiro atoms. The van der Waals surface area contributed by atoms with Crippen molar-refractivity contribution in [1.29, 1.82) is 0 Å². The number of amides is 1. The fraction of sp³-hybridized carbons (Fsp3) is 0.316. The molecule has 2 aromatic heterocycles. The number of aromatic amines is 1. The first-order valence-corrected chi connectivity index (χ1v) is 8.71. The Morgan fingerprint density at radius 1 is 1.23 bits per heavy atom. The number of hydrogen-bond acceptors (Lipinski definition) is 3. The van der Waals surface area contributed by atoms with Crippen LogP contribution in [0.2, 0.25) is 0 Å². The average molecular weight is 352 g/mol. The summed E-state index contributed by atoms with van der Waals surface area (Å²) >= 11 is 0. The minimum atomic E-state index is -1.04. The van der Waals surface area contributed by atoms with Crippen LogP contribution in [0.1, 0.15) is 29.5 Å². The summed E-state index contributed by atoms with van der Waals surface area (Å²) in [4.78, 5) is 26.0. The third-order valence-electron chi connectivity index (χ3n) is 4.99. The van der Waals surface area contributed by atoms with Crippen LogP contribution >= 0.6 is 0 Å². The third kappa shape index (κ3) is 2.75. The maximum absolute atomic E-state index is 12.4. The number of nitrogens with zero attached hydrogens (tertiary/aromatic N) is 2. The molecule has 2 heterocycles. The third-order valence-corrected chi connectivity index (χ3v) is 4.99. The molecule has 1 aliphatic rings. The molecule has 0 unspecified atom stereocenters. The Balaban J connectivity index is 1.82. The van der Waals surface area contributed by atoms with Crippen LogP contribution in [0.5, 0.6) is 0 Å². The quantitative estimate of drug-likeness (QED) is 0.674. The van der Waals surface area contributed by atoms with Crippen molar-refractivity contribution >= 4 is 17.1 Å². The van der Waals surface area contributed by atoms with E-state index in [0.717, 1.165) is 64.7 Å². The summed E-state index contributed by atoms with van der Waals surface area (Å²) < 4.78 is 1.72. The van der Waals surface area contributed by atoms with E-state index in [1.807, 2.05) is 31.3 Å². The van der Waals surface area contributed by atoms with Gasteiger partial charge in [-0.1, -0.05) is 24.3 Å². The van der Waals surface area contributed by atoms with Crippen molar-refractivity contribution in [2.24, 2.45) is 7.05 Å². The van der Waals surface area contributed by atoms with Crippen LogP contribution in [0.3, 0.4) is 0 Å². The van der Waals surface area contributed by atoms with Crippen molar-refractivity contribution in [2.45, 2.75) is 32.2 Å². The number of benzene rings is 1. The lowest BCUT2D eigenvalue weighted by Crippen LogP contribution is -2.19. The van der Waals surface area contributed by atoms with E-state index < -0.39 is 6.09 Å². The van der Waals surface area contributed by atoms with E-state index in [1.165, 1.54) is 0 Å². The number of carbonyl (C=O) groups is 1. The minimum absolute atomic E-state index is 0.00292. The highest BCUT2D eigenvalue weighted by molar-refractivity contribution is 5.94. The molecule has 4 rings (SSSR count). The zero-order valence-electron chi connectivity index (χ0n) is 14.5. The van der Waals surface area contributed by atoms with Gasteiger partial charge >= 0.3 is 6.09 Å². The van der Waals surface area contributed by atoms with Gasteiger partial charge in [0.05, 0.1) is 0 Å². The fourth-order valence-corrected chi connectivity index (χ4v) is 3.73. The van der Waals surface area contributed by atoms with Gasteiger partial charge in [0.1, 0.15) is 11.3 Å². The van der Waals surface area contributed by atoms with Gasteiger partial charge in [0.2, 0.25) is 0 Å². The summed E-state index contributed by atoms with van der Waals surface area (Å²) in [6.07, 6.45) is 2.80. The Bertz CT molecular complexity index is 1050. The summed E-state index contributed by atoms with van der Waals surface area (Å²) in [7, 11) is 1.84. The van der Waals surface area contributed by atoms with Crippen molar-refractivity contribution in [2.75, 3.05) is 0 Å². The number of carboxylic acid groups (broad SMARTS) is 1. The first kappa shape index (κ1) is 16.4. The van der Waals surface area contributed by atoms with E-state index in [-0.39, 0.29) is 12.1 Å². The maximum Gasteiger partial charge on any atom is 0.404 e. The van der Waals surface area contributed by atoms with Crippen LogP contribution in [-0.4, -0.2) is 26.0 Å².